The van der Waals surface area contributed by atoms with E-state index in [1.54, 1.807) is 6.26 Å². The highest BCUT2D eigenvalue weighted by molar-refractivity contribution is 7.96. The number of rotatable bonds is 6. The van der Waals surface area contributed by atoms with E-state index in [2.05, 4.69) is 4.72 Å². The third-order valence-corrected chi connectivity index (χ3v) is 2.45. The number of hydrogen-bond donors (Lipinski definition) is 1. The second-order valence-electron chi connectivity index (χ2n) is 3.74. The molecule has 0 aliphatic rings. The Morgan fingerprint density at radius 3 is 2.14 bits per heavy atom. The number of alkyl halides is 3. The van der Waals surface area contributed by atoms with Gasteiger partial charge in [-0.15, -0.1) is 0 Å². The zero-order valence-corrected chi connectivity index (χ0v) is 9.63. The van der Waals surface area contributed by atoms with Gasteiger partial charge in [0.15, 0.2) is 0 Å². The minimum atomic E-state index is -4.13. The van der Waals surface area contributed by atoms with E-state index in [9.17, 15) is 13.2 Å². The van der Waals surface area contributed by atoms with Gasteiger partial charge >= 0.3 is 6.18 Å². The molecule has 0 rings (SSSR count). The number of halogens is 3. The van der Waals surface area contributed by atoms with Crippen LogP contribution in [-0.2, 0) is 0 Å². The highest BCUT2D eigenvalue weighted by atomic mass is 32.2. The predicted octanol–water partition coefficient (Wildman–Crippen LogP) is 3.61. The Balaban J connectivity index is 3.86. The third kappa shape index (κ3) is 6.54. The summed E-state index contributed by atoms with van der Waals surface area (Å²) in [5.74, 6) is 0.471. The van der Waals surface area contributed by atoms with E-state index in [0.29, 0.717) is 12.3 Å². The van der Waals surface area contributed by atoms with E-state index >= 15 is 0 Å². The average Bonchev–Trinajstić information content (AvgIpc) is 2.00. The summed E-state index contributed by atoms with van der Waals surface area (Å²) < 4.78 is 39.5. The van der Waals surface area contributed by atoms with Crippen LogP contribution in [0.1, 0.15) is 33.1 Å². The minimum Gasteiger partial charge on any atom is -0.252 e. The molecule has 5 heteroatoms. The molecule has 0 amide bonds. The summed E-state index contributed by atoms with van der Waals surface area (Å²) in [5.41, 5.74) is 0. The first-order valence-electron chi connectivity index (χ1n) is 4.73. The Morgan fingerprint density at radius 2 is 1.79 bits per heavy atom. The van der Waals surface area contributed by atoms with Crippen LogP contribution in [0.4, 0.5) is 13.2 Å². The van der Waals surface area contributed by atoms with Crippen molar-refractivity contribution in [1.29, 1.82) is 0 Å². The summed E-state index contributed by atoms with van der Waals surface area (Å²) in [6, 6.07) is -1.36. The normalized spacial score (nSPS) is 14.8. The molecule has 86 valence electrons. The molecule has 0 radical (unpaired) electrons. The van der Waals surface area contributed by atoms with E-state index in [1.807, 2.05) is 13.8 Å². The molecule has 0 bridgehead atoms. The van der Waals surface area contributed by atoms with E-state index in [0.717, 1.165) is 18.4 Å². The van der Waals surface area contributed by atoms with Crippen molar-refractivity contribution < 1.29 is 13.2 Å². The van der Waals surface area contributed by atoms with Gasteiger partial charge in [-0.2, -0.15) is 13.2 Å². The van der Waals surface area contributed by atoms with Gasteiger partial charge < -0.3 is 0 Å². The lowest BCUT2D eigenvalue weighted by Crippen LogP contribution is -2.38. The van der Waals surface area contributed by atoms with Crippen LogP contribution in [0.25, 0.3) is 0 Å². The third-order valence-electron chi connectivity index (χ3n) is 1.93. The van der Waals surface area contributed by atoms with Gasteiger partial charge in [0.2, 0.25) is 0 Å². The number of hydrogen-bond acceptors (Lipinski definition) is 2. The van der Waals surface area contributed by atoms with Gasteiger partial charge in [0.25, 0.3) is 0 Å². The summed E-state index contributed by atoms with van der Waals surface area (Å²) in [5, 5.41) is 0. The van der Waals surface area contributed by atoms with Gasteiger partial charge in [-0.25, -0.2) is 0 Å². The summed E-state index contributed by atoms with van der Waals surface area (Å²) >= 11 is 1.03. The quantitative estimate of drug-likeness (QED) is 0.698. The first-order chi connectivity index (χ1) is 6.38. The zero-order chi connectivity index (χ0) is 11.2. The average molecular weight is 229 g/mol. The van der Waals surface area contributed by atoms with Crippen molar-refractivity contribution in [3.05, 3.63) is 0 Å². The van der Waals surface area contributed by atoms with Crippen LogP contribution in [0.5, 0.6) is 0 Å². The lowest BCUT2D eigenvalue weighted by molar-refractivity contribution is -0.152. The lowest BCUT2D eigenvalue weighted by Gasteiger charge is -2.20. The maximum Gasteiger partial charge on any atom is 0.404 e. The summed E-state index contributed by atoms with van der Waals surface area (Å²) in [7, 11) is 0. The lowest BCUT2D eigenvalue weighted by atomic mass is 10.0. The second kappa shape index (κ2) is 6.56. The summed E-state index contributed by atoms with van der Waals surface area (Å²) in [6.07, 6.45) is -0.873. The molecule has 0 aliphatic carbocycles. The first-order valence-corrected chi connectivity index (χ1v) is 5.95. The molecule has 0 aromatic carbocycles. The summed E-state index contributed by atoms with van der Waals surface area (Å²) in [4.78, 5) is 0. The fraction of sp³-hybridized carbons (Fsp3) is 1.00. The van der Waals surface area contributed by atoms with Crippen molar-refractivity contribution in [1.82, 2.24) is 4.72 Å². The Morgan fingerprint density at radius 1 is 1.21 bits per heavy atom. The SMILES string of the molecule is CSNC(CCCC(C)C)C(F)(F)F. The molecule has 0 fully saturated rings. The highest BCUT2D eigenvalue weighted by Gasteiger charge is 2.38. The minimum absolute atomic E-state index is 0.169. The zero-order valence-electron chi connectivity index (χ0n) is 8.82. The molecule has 0 aliphatic heterocycles. The maximum atomic E-state index is 12.4. The molecule has 0 saturated carbocycles. The molecular weight excluding hydrogens is 211 g/mol. The van der Waals surface area contributed by atoms with Crippen LogP contribution in [0.15, 0.2) is 0 Å². The van der Waals surface area contributed by atoms with Crippen LogP contribution in [0.2, 0.25) is 0 Å². The molecule has 0 spiro atoms. The van der Waals surface area contributed by atoms with Gasteiger partial charge in [-0.05, 0) is 18.6 Å². The fourth-order valence-electron chi connectivity index (χ4n) is 1.16. The van der Waals surface area contributed by atoms with Crippen molar-refractivity contribution in [2.24, 2.45) is 5.92 Å². The van der Waals surface area contributed by atoms with Crippen LogP contribution in [0.3, 0.4) is 0 Å². The molecule has 0 aromatic heterocycles. The standard InChI is InChI=1S/C9H18F3NS/c1-7(2)5-4-6-8(13-14-3)9(10,11)12/h7-8,13H,4-6H2,1-3H3. The Labute approximate surface area is 88.0 Å². The molecule has 1 atom stereocenters. The monoisotopic (exact) mass is 229 g/mol. The van der Waals surface area contributed by atoms with Gasteiger partial charge in [-0.1, -0.05) is 38.6 Å². The predicted molar refractivity (Wildman–Crippen MR) is 55.2 cm³/mol. The molecule has 1 nitrogen and oxygen atoms in total. The molecule has 0 heterocycles. The molecule has 1 unspecified atom stereocenters. The van der Waals surface area contributed by atoms with Crippen LogP contribution >= 0.6 is 11.9 Å². The largest absolute Gasteiger partial charge is 0.404 e. The Hall–Kier alpha value is 0.100. The highest BCUT2D eigenvalue weighted by Crippen LogP contribution is 2.25. The number of nitrogens with one attached hydrogen (secondary N) is 1. The molecule has 1 N–H and O–H groups in total. The van der Waals surface area contributed by atoms with Gasteiger partial charge in [0.05, 0.1) is 0 Å². The maximum absolute atomic E-state index is 12.4. The van der Waals surface area contributed by atoms with Gasteiger partial charge in [-0.3, -0.25) is 4.72 Å². The van der Waals surface area contributed by atoms with E-state index < -0.39 is 12.2 Å². The second-order valence-corrected chi connectivity index (χ2v) is 4.38. The van der Waals surface area contributed by atoms with Crippen LogP contribution in [-0.4, -0.2) is 18.5 Å². The summed E-state index contributed by atoms with van der Waals surface area (Å²) in [6.45, 7) is 4.04. The van der Waals surface area contributed by atoms with E-state index in [-0.39, 0.29) is 6.42 Å². The molecule has 0 saturated heterocycles. The molecule has 0 aromatic rings. The molecular formula is C9H18F3NS. The van der Waals surface area contributed by atoms with Crippen LogP contribution in [0, 0.1) is 5.92 Å². The van der Waals surface area contributed by atoms with Crippen molar-refractivity contribution in [3.63, 3.8) is 0 Å². The van der Waals surface area contributed by atoms with Gasteiger partial charge in [0, 0.05) is 0 Å². The first kappa shape index (κ1) is 14.1. The van der Waals surface area contributed by atoms with Crippen molar-refractivity contribution >= 4 is 11.9 Å². The van der Waals surface area contributed by atoms with Crippen molar-refractivity contribution in [2.45, 2.75) is 45.3 Å². The Bertz CT molecular complexity index is 147. The van der Waals surface area contributed by atoms with Crippen LogP contribution < -0.4 is 4.72 Å². The van der Waals surface area contributed by atoms with E-state index in [1.165, 1.54) is 0 Å². The smallest absolute Gasteiger partial charge is 0.252 e. The van der Waals surface area contributed by atoms with E-state index in [4.69, 9.17) is 0 Å². The van der Waals surface area contributed by atoms with Gasteiger partial charge in [0.1, 0.15) is 6.04 Å². The van der Waals surface area contributed by atoms with Crippen molar-refractivity contribution in [2.75, 3.05) is 6.26 Å². The van der Waals surface area contributed by atoms with Crippen molar-refractivity contribution in [3.8, 4) is 0 Å². The fourth-order valence-corrected chi connectivity index (χ4v) is 1.70. The molecule has 14 heavy (non-hydrogen) atoms. The topological polar surface area (TPSA) is 12.0 Å². The Kier molecular flexibility index (Phi) is 6.61.